The van der Waals surface area contributed by atoms with Gasteiger partial charge in [-0.2, -0.15) is 0 Å². The van der Waals surface area contributed by atoms with E-state index in [0.717, 1.165) is 11.1 Å². The molecule has 6 heteroatoms. The Morgan fingerprint density at radius 2 is 2.04 bits per heavy atom. The third kappa shape index (κ3) is 3.75. The Balaban J connectivity index is 1.82. The van der Waals surface area contributed by atoms with Gasteiger partial charge in [0.25, 0.3) is 5.91 Å². The number of nitrogens with zero attached hydrogens (tertiary/aromatic N) is 2. The number of carbonyl (C=O) groups is 2. The van der Waals surface area contributed by atoms with Gasteiger partial charge in [-0.25, -0.2) is 0 Å². The standard InChI is InChI=1S/C20H23N3O3/c1-20(2,26)16-10-15(11-21-12-16)13-5-4-6-14(9-13)18(24)22-17-7-8-23(3)19(17)25/h4-6,9-12,17,26H,7-8H2,1-3H3,(H,22,24). The van der Waals surface area contributed by atoms with Gasteiger partial charge in [0.2, 0.25) is 5.91 Å². The lowest BCUT2D eigenvalue weighted by Gasteiger charge is -2.18. The number of benzene rings is 1. The molecule has 2 N–H and O–H groups in total. The van der Waals surface area contributed by atoms with Crippen LogP contribution in [0, 0.1) is 0 Å². The molecule has 0 saturated carbocycles. The van der Waals surface area contributed by atoms with Gasteiger partial charge in [-0.1, -0.05) is 12.1 Å². The Morgan fingerprint density at radius 1 is 1.27 bits per heavy atom. The molecule has 0 aliphatic carbocycles. The van der Waals surface area contributed by atoms with Crippen molar-refractivity contribution in [3.05, 3.63) is 53.9 Å². The molecule has 1 aromatic carbocycles. The van der Waals surface area contributed by atoms with Gasteiger partial charge in [0.05, 0.1) is 5.60 Å². The van der Waals surface area contributed by atoms with Crippen molar-refractivity contribution in [1.29, 1.82) is 0 Å². The minimum Gasteiger partial charge on any atom is -0.386 e. The molecule has 1 aromatic heterocycles. The Kier molecular flexibility index (Phi) is 4.78. The molecule has 26 heavy (non-hydrogen) atoms. The first-order chi connectivity index (χ1) is 12.3. The van der Waals surface area contributed by atoms with E-state index in [2.05, 4.69) is 10.3 Å². The van der Waals surface area contributed by atoms with Crippen LogP contribution in [0.25, 0.3) is 11.1 Å². The minimum absolute atomic E-state index is 0.0587. The summed E-state index contributed by atoms with van der Waals surface area (Å²) in [4.78, 5) is 30.3. The van der Waals surface area contributed by atoms with Crippen LogP contribution in [0.5, 0.6) is 0 Å². The summed E-state index contributed by atoms with van der Waals surface area (Å²) >= 11 is 0. The second kappa shape index (κ2) is 6.88. The van der Waals surface area contributed by atoms with Crippen molar-refractivity contribution in [2.24, 2.45) is 0 Å². The number of amides is 2. The fourth-order valence-electron chi connectivity index (χ4n) is 2.97. The number of aromatic nitrogens is 1. The fraction of sp³-hybridized carbons (Fsp3) is 0.350. The summed E-state index contributed by atoms with van der Waals surface area (Å²) in [6.07, 6.45) is 3.95. The van der Waals surface area contributed by atoms with E-state index in [9.17, 15) is 14.7 Å². The molecule has 1 aliphatic rings. The van der Waals surface area contributed by atoms with Crippen molar-refractivity contribution < 1.29 is 14.7 Å². The largest absolute Gasteiger partial charge is 0.386 e. The fourth-order valence-corrected chi connectivity index (χ4v) is 2.97. The molecule has 1 aliphatic heterocycles. The van der Waals surface area contributed by atoms with Crippen LogP contribution in [0.2, 0.25) is 0 Å². The van der Waals surface area contributed by atoms with E-state index in [1.54, 1.807) is 56.4 Å². The molecule has 1 unspecified atom stereocenters. The van der Waals surface area contributed by atoms with E-state index in [1.807, 2.05) is 12.1 Å². The molecule has 1 atom stereocenters. The van der Waals surface area contributed by atoms with Crippen molar-refractivity contribution in [3.63, 3.8) is 0 Å². The number of nitrogens with one attached hydrogen (secondary N) is 1. The van der Waals surface area contributed by atoms with Crippen LogP contribution in [0.3, 0.4) is 0 Å². The molecule has 2 heterocycles. The van der Waals surface area contributed by atoms with E-state index < -0.39 is 11.6 Å². The predicted octanol–water partition coefficient (Wildman–Crippen LogP) is 1.94. The quantitative estimate of drug-likeness (QED) is 0.880. The van der Waals surface area contributed by atoms with Crippen LogP contribution in [-0.2, 0) is 10.4 Å². The summed E-state index contributed by atoms with van der Waals surface area (Å²) in [5, 5.41) is 13.0. The molecule has 6 nitrogen and oxygen atoms in total. The molecule has 0 bridgehead atoms. The van der Waals surface area contributed by atoms with Crippen molar-refractivity contribution in [2.75, 3.05) is 13.6 Å². The summed E-state index contributed by atoms with van der Waals surface area (Å²) in [6, 6.07) is 8.56. The van der Waals surface area contributed by atoms with E-state index in [0.29, 0.717) is 24.1 Å². The SMILES string of the molecule is CN1CCC(NC(=O)c2cccc(-c3cncc(C(C)(C)O)c3)c2)C1=O. The molecule has 136 valence electrons. The topological polar surface area (TPSA) is 82.5 Å². The highest BCUT2D eigenvalue weighted by Crippen LogP contribution is 2.25. The number of pyridine rings is 1. The van der Waals surface area contributed by atoms with Crippen molar-refractivity contribution in [1.82, 2.24) is 15.2 Å². The first kappa shape index (κ1) is 18.1. The number of hydrogen-bond donors (Lipinski definition) is 2. The lowest BCUT2D eigenvalue weighted by Crippen LogP contribution is -2.40. The molecular formula is C20H23N3O3. The highest BCUT2D eigenvalue weighted by atomic mass is 16.3. The molecule has 1 fully saturated rings. The molecule has 2 aromatic rings. The Hall–Kier alpha value is -2.73. The van der Waals surface area contributed by atoms with Crippen LogP contribution in [0.1, 0.15) is 36.2 Å². The maximum Gasteiger partial charge on any atom is 0.251 e. The number of hydrogen-bond acceptors (Lipinski definition) is 4. The van der Waals surface area contributed by atoms with Gasteiger partial charge in [0.15, 0.2) is 0 Å². The number of aliphatic hydroxyl groups is 1. The zero-order chi connectivity index (χ0) is 18.9. The number of likely N-dealkylation sites (N-methyl/N-ethyl adjacent to an activating group) is 1. The monoisotopic (exact) mass is 353 g/mol. The van der Waals surface area contributed by atoms with E-state index in [-0.39, 0.29) is 11.8 Å². The lowest BCUT2D eigenvalue weighted by atomic mass is 9.96. The summed E-state index contributed by atoms with van der Waals surface area (Å²) in [5.74, 6) is -0.330. The summed E-state index contributed by atoms with van der Waals surface area (Å²) < 4.78 is 0. The van der Waals surface area contributed by atoms with Crippen molar-refractivity contribution >= 4 is 11.8 Å². The van der Waals surface area contributed by atoms with Crippen LogP contribution >= 0.6 is 0 Å². The van der Waals surface area contributed by atoms with Crippen molar-refractivity contribution in [3.8, 4) is 11.1 Å². The Bertz CT molecular complexity index is 842. The van der Waals surface area contributed by atoms with Gasteiger partial charge in [-0.15, -0.1) is 0 Å². The predicted molar refractivity (Wildman–Crippen MR) is 98.4 cm³/mol. The molecule has 3 rings (SSSR count). The number of rotatable bonds is 4. The van der Waals surface area contributed by atoms with Gasteiger partial charge in [-0.05, 0) is 44.0 Å². The molecule has 0 radical (unpaired) electrons. The normalized spacial score (nSPS) is 17.5. The van der Waals surface area contributed by atoms with Gasteiger partial charge in [0, 0.05) is 42.7 Å². The van der Waals surface area contributed by atoms with Crippen LogP contribution in [0.15, 0.2) is 42.7 Å². The smallest absolute Gasteiger partial charge is 0.251 e. The Morgan fingerprint density at radius 3 is 2.69 bits per heavy atom. The lowest BCUT2D eigenvalue weighted by molar-refractivity contribution is -0.128. The second-order valence-corrected chi connectivity index (χ2v) is 7.18. The third-order valence-corrected chi connectivity index (χ3v) is 4.64. The summed E-state index contributed by atoms with van der Waals surface area (Å²) in [7, 11) is 1.73. The first-order valence-electron chi connectivity index (χ1n) is 8.60. The molecule has 2 amide bonds. The van der Waals surface area contributed by atoms with Gasteiger partial charge in [-0.3, -0.25) is 14.6 Å². The van der Waals surface area contributed by atoms with Crippen LogP contribution in [-0.4, -0.2) is 46.4 Å². The third-order valence-electron chi connectivity index (χ3n) is 4.64. The van der Waals surface area contributed by atoms with E-state index >= 15 is 0 Å². The van der Waals surface area contributed by atoms with E-state index in [4.69, 9.17) is 0 Å². The second-order valence-electron chi connectivity index (χ2n) is 7.18. The molecule has 1 saturated heterocycles. The van der Waals surface area contributed by atoms with Crippen molar-refractivity contribution in [2.45, 2.75) is 31.9 Å². The average Bonchev–Trinajstić information content (AvgIpc) is 2.93. The van der Waals surface area contributed by atoms with Gasteiger partial charge in [0.1, 0.15) is 6.04 Å². The number of carbonyl (C=O) groups excluding carboxylic acids is 2. The summed E-state index contributed by atoms with van der Waals surface area (Å²) in [5.41, 5.74) is 1.83. The van der Waals surface area contributed by atoms with E-state index in [1.165, 1.54) is 0 Å². The molecule has 0 spiro atoms. The maximum absolute atomic E-state index is 12.5. The zero-order valence-corrected chi connectivity index (χ0v) is 15.2. The van der Waals surface area contributed by atoms with Gasteiger partial charge >= 0.3 is 0 Å². The number of likely N-dealkylation sites (tertiary alicyclic amines) is 1. The average molecular weight is 353 g/mol. The Labute approximate surface area is 152 Å². The zero-order valence-electron chi connectivity index (χ0n) is 15.2. The van der Waals surface area contributed by atoms with Gasteiger partial charge < -0.3 is 15.3 Å². The molecular weight excluding hydrogens is 330 g/mol. The van der Waals surface area contributed by atoms with Crippen LogP contribution < -0.4 is 5.32 Å². The van der Waals surface area contributed by atoms with Crippen LogP contribution in [0.4, 0.5) is 0 Å². The maximum atomic E-state index is 12.5. The first-order valence-corrected chi connectivity index (χ1v) is 8.60. The summed E-state index contributed by atoms with van der Waals surface area (Å²) in [6.45, 7) is 4.06. The highest BCUT2D eigenvalue weighted by molar-refractivity contribution is 5.98. The highest BCUT2D eigenvalue weighted by Gasteiger charge is 2.30. The minimum atomic E-state index is -0.993.